The molecule has 0 radical (unpaired) electrons. The fourth-order valence-corrected chi connectivity index (χ4v) is 3.23. The van der Waals surface area contributed by atoms with Crippen molar-refractivity contribution in [2.24, 2.45) is 22.7 Å². The van der Waals surface area contributed by atoms with E-state index in [-0.39, 0.29) is 0 Å². The first-order chi connectivity index (χ1) is 5.79. The molecular formula is C13H26. The Morgan fingerprint density at radius 3 is 1.92 bits per heavy atom. The van der Waals surface area contributed by atoms with Crippen molar-refractivity contribution in [3.63, 3.8) is 0 Å². The minimum atomic E-state index is 0.495. The lowest BCUT2D eigenvalue weighted by molar-refractivity contribution is -0.0811. The van der Waals surface area contributed by atoms with E-state index in [1.54, 1.807) is 0 Å². The highest BCUT2D eigenvalue weighted by molar-refractivity contribution is 5.01. The Morgan fingerprint density at radius 1 is 1.31 bits per heavy atom. The van der Waals surface area contributed by atoms with E-state index in [4.69, 9.17) is 0 Å². The summed E-state index contributed by atoms with van der Waals surface area (Å²) < 4.78 is 0. The van der Waals surface area contributed by atoms with Crippen LogP contribution in [0.3, 0.4) is 0 Å². The summed E-state index contributed by atoms with van der Waals surface area (Å²) in [7, 11) is 0. The van der Waals surface area contributed by atoms with Crippen molar-refractivity contribution >= 4 is 0 Å². The molecule has 0 heterocycles. The summed E-state index contributed by atoms with van der Waals surface area (Å²) >= 11 is 0. The molecule has 0 aliphatic heterocycles. The molecule has 1 aliphatic carbocycles. The zero-order chi connectivity index (χ0) is 10.3. The van der Waals surface area contributed by atoms with Gasteiger partial charge in [-0.25, -0.2) is 0 Å². The third-order valence-corrected chi connectivity index (χ3v) is 4.23. The third kappa shape index (κ3) is 1.78. The first-order valence-corrected chi connectivity index (χ1v) is 5.79. The fraction of sp³-hybridized carbons (Fsp3) is 1.00. The SMILES string of the molecule is CC(C)CC1(C(C)(C)C)CCC1C. The van der Waals surface area contributed by atoms with Gasteiger partial charge in [0.15, 0.2) is 0 Å². The average Bonchev–Trinajstić information content (AvgIpc) is 1.94. The average molecular weight is 182 g/mol. The first kappa shape index (κ1) is 11.1. The lowest BCUT2D eigenvalue weighted by Crippen LogP contribution is -2.49. The molecule has 0 bridgehead atoms. The van der Waals surface area contributed by atoms with E-state index in [1.807, 2.05) is 0 Å². The summed E-state index contributed by atoms with van der Waals surface area (Å²) in [5, 5.41) is 0. The summed E-state index contributed by atoms with van der Waals surface area (Å²) in [6.07, 6.45) is 4.32. The molecule has 0 saturated heterocycles. The number of hydrogen-bond donors (Lipinski definition) is 0. The lowest BCUT2D eigenvalue weighted by Gasteiger charge is -2.58. The van der Waals surface area contributed by atoms with Gasteiger partial charge in [-0.2, -0.15) is 0 Å². The zero-order valence-electron chi connectivity index (χ0n) is 10.3. The van der Waals surface area contributed by atoms with Crippen LogP contribution in [0, 0.1) is 22.7 Å². The Morgan fingerprint density at radius 2 is 1.85 bits per heavy atom. The molecule has 0 nitrogen and oxygen atoms in total. The highest BCUT2D eigenvalue weighted by atomic mass is 14.6. The van der Waals surface area contributed by atoms with Gasteiger partial charge < -0.3 is 0 Å². The Bertz CT molecular complexity index is 173. The highest BCUT2D eigenvalue weighted by Crippen LogP contribution is 2.60. The van der Waals surface area contributed by atoms with Gasteiger partial charge >= 0.3 is 0 Å². The van der Waals surface area contributed by atoms with Crippen LogP contribution in [0.25, 0.3) is 0 Å². The molecule has 1 aliphatic rings. The van der Waals surface area contributed by atoms with E-state index in [0.29, 0.717) is 10.8 Å². The quantitative estimate of drug-likeness (QED) is 0.590. The van der Waals surface area contributed by atoms with E-state index in [1.165, 1.54) is 19.3 Å². The van der Waals surface area contributed by atoms with Gasteiger partial charge in [-0.05, 0) is 41.9 Å². The lowest BCUT2D eigenvalue weighted by atomic mass is 9.47. The predicted octanol–water partition coefficient (Wildman–Crippen LogP) is 4.49. The minimum absolute atomic E-state index is 0.495. The number of hydrogen-bond acceptors (Lipinski definition) is 0. The Balaban J connectivity index is 2.77. The Labute approximate surface area is 84.1 Å². The molecule has 0 amide bonds. The van der Waals surface area contributed by atoms with E-state index < -0.39 is 0 Å². The monoisotopic (exact) mass is 182 g/mol. The summed E-state index contributed by atoms with van der Waals surface area (Å²) in [5.41, 5.74) is 1.14. The van der Waals surface area contributed by atoms with E-state index in [0.717, 1.165) is 11.8 Å². The molecule has 1 saturated carbocycles. The van der Waals surface area contributed by atoms with Crippen LogP contribution >= 0.6 is 0 Å². The first-order valence-electron chi connectivity index (χ1n) is 5.79. The summed E-state index contributed by atoms with van der Waals surface area (Å²) in [6, 6.07) is 0. The van der Waals surface area contributed by atoms with Crippen LogP contribution in [0.4, 0.5) is 0 Å². The van der Waals surface area contributed by atoms with Crippen LogP contribution in [-0.4, -0.2) is 0 Å². The molecule has 0 aromatic rings. The van der Waals surface area contributed by atoms with Gasteiger partial charge in [-0.3, -0.25) is 0 Å². The van der Waals surface area contributed by atoms with Gasteiger partial charge in [0, 0.05) is 0 Å². The second-order valence-electron chi connectivity index (χ2n) is 6.44. The van der Waals surface area contributed by atoms with Gasteiger partial charge in [-0.15, -0.1) is 0 Å². The summed E-state index contributed by atoms with van der Waals surface area (Å²) in [6.45, 7) is 14.4. The van der Waals surface area contributed by atoms with Gasteiger partial charge in [0.05, 0.1) is 0 Å². The molecule has 0 heteroatoms. The van der Waals surface area contributed by atoms with E-state index >= 15 is 0 Å². The van der Waals surface area contributed by atoms with E-state index in [2.05, 4.69) is 41.5 Å². The molecule has 0 spiro atoms. The molecule has 2 atom stereocenters. The van der Waals surface area contributed by atoms with Crippen molar-refractivity contribution in [2.45, 2.75) is 60.8 Å². The van der Waals surface area contributed by atoms with Crippen LogP contribution < -0.4 is 0 Å². The number of rotatable bonds is 2. The maximum atomic E-state index is 2.44. The molecule has 0 aromatic carbocycles. The second kappa shape index (κ2) is 3.29. The molecular weight excluding hydrogens is 156 g/mol. The van der Waals surface area contributed by atoms with Crippen LogP contribution in [0.5, 0.6) is 0 Å². The standard InChI is InChI=1S/C13H26/c1-10(2)9-13(12(4,5)6)8-7-11(13)3/h10-11H,7-9H2,1-6H3. The fourth-order valence-electron chi connectivity index (χ4n) is 3.23. The van der Waals surface area contributed by atoms with Crippen LogP contribution in [-0.2, 0) is 0 Å². The van der Waals surface area contributed by atoms with Crippen molar-refractivity contribution < 1.29 is 0 Å². The molecule has 1 rings (SSSR count). The normalized spacial score (nSPS) is 34.8. The molecule has 2 unspecified atom stereocenters. The van der Waals surface area contributed by atoms with Crippen molar-refractivity contribution in [2.75, 3.05) is 0 Å². The summed E-state index contributed by atoms with van der Waals surface area (Å²) in [5.74, 6) is 1.79. The van der Waals surface area contributed by atoms with Crippen molar-refractivity contribution in [1.82, 2.24) is 0 Å². The molecule has 0 N–H and O–H groups in total. The Kier molecular flexibility index (Phi) is 2.81. The van der Waals surface area contributed by atoms with Crippen molar-refractivity contribution in [1.29, 1.82) is 0 Å². The Hall–Kier alpha value is 0. The predicted molar refractivity (Wildman–Crippen MR) is 59.7 cm³/mol. The highest BCUT2D eigenvalue weighted by Gasteiger charge is 2.51. The maximum absolute atomic E-state index is 2.44. The zero-order valence-corrected chi connectivity index (χ0v) is 10.3. The van der Waals surface area contributed by atoms with Gasteiger partial charge in [0.2, 0.25) is 0 Å². The molecule has 0 aromatic heterocycles. The van der Waals surface area contributed by atoms with Gasteiger partial charge in [0.25, 0.3) is 0 Å². The largest absolute Gasteiger partial charge is 0.0628 e. The molecule has 1 fully saturated rings. The van der Waals surface area contributed by atoms with Gasteiger partial charge in [-0.1, -0.05) is 41.5 Å². The maximum Gasteiger partial charge on any atom is -0.0221 e. The van der Waals surface area contributed by atoms with Gasteiger partial charge in [0.1, 0.15) is 0 Å². The van der Waals surface area contributed by atoms with Crippen molar-refractivity contribution in [3.05, 3.63) is 0 Å². The third-order valence-electron chi connectivity index (χ3n) is 4.23. The van der Waals surface area contributed by atoms with Crippen LogP contribution in [0.15, 0.2) is 0 Å². The van der Waals surface area contributed by atoms with Crippen LogP contribution in [0.1, 0.15) is 60.8 Å². The summed E-state index contributed by atoms with van der Waals surface area (Å²) in [4.78, 5) is 0. The minimum Gasteiger partial charge on any atom is -0.0628 e. The second-order valence-corrected chi connectivity index (χ2v) is 6.44. The van der Waals surface area contributed by atoms with E-state index in [9.17, 15) is 0 Å². The topological polar surface area (TPSA) is 0 Å². The van der Waals surface area contributed by atoms with Crippen molar-refractivity contribution in [3.8, 4) is 0 Å². The molecule has 78 valence electrons. The molecule has 13 heavy (non-hydrogen) atoms. The smallest absolute Gasteiger partial charge is 0.0221 e. The van der Waals surface area contributed by atoms with Crippen LogP contribution in [0.2, 0.25) is 0 Å².